The zero-order valence-corrected chi connectivity index (χ0v) is 9.72. The van der Waals surface area contributed by atoms with Crippen molar-refractivity contribution in [2.24, 2.45) is 0 Å². The van der Waals surface area contributed by atoms with Gasteiger partial charge < -0.3 is 5.11 Å². The Bertz CT molecular complexity index is 371. The molecule has 0 heterocycles. The average Bonchev–Trinajstić information content (AvgIpc) is 2.22. The van der Waals surface area contributed by atoms with Crippen LogP contribution in [0.4, 0.5) is 8.78 Å². The standard InChI is InChI=1S/C11H12F2O2S/c1-6(15)7(2)16-11-9(12)3-8(5-14)4-10(11)13/h3-7,15H,1-2H3. The van der Waals surface area contributed by atoms with Crippen LogP contribution >= 0.6 is 11.8 Å². The van der Waals surface area contributed by atoms with Crippen LogP contribution in [0.1, 0.15) is 24.2 Å². The van der Waals surface area contributed by atoms with Gasteiger partial charge in [0.1, 0.15) is 17.9 Å². The van der Waals surface area contributed by atoms with Gasteiger partial charge in [0, 0.05) is 10.8 Å². The smallest absolute Gasteiger partial charge is 0.150 e. The van der Waals surface area contributed by atoms with Crippen LogP contribution in [-0.4, -0.2) is 22.7 Å². The number of hydrogen-bond donors (Lipinski definition) is 1. The van der Waals surface area contributed by atoms with E-state index in [4.69, 9.17) is 0 Å². The first kappa shape index (κ1) is 13.1. The second-order valence-corrected chi connectivity index (χ2v) is 4.88. The predicted octanol–water partition coefficient (Wildman–Crippen LogP) is 2.64. The minimum atomic E-state index is -0.778. The van der Waals surface area contributed by atoms with Crippen molar-refractivity contribution in [2.45, 2.75) is 30.1 Å². The Labute approximate surface area is 96.7 Å². The summed E-state index contributed by atoms with van der Waals surface area (Å²) < 4.78 is 26.8. The third-order valence-electron chi connectivity index (χ3n) is 2.14. The zero-order valence-electron chi connectivity index (χ0n) is 8.91. The van der Waals surface area contributed by atoms with Crippen LogP contribution in [-0.2, 0) is 0 Å². The Hall–Kier alpha value is -0.940. The van der Waals surface area contributed by atoms with Gasteiger partial charge >= 0.3 is 0 Å². The number of benzene rings is 1. The van der Waals surface area contributed by atoms with Gasteiger partial charge in [0.2, 0.25) is 0 Å². The first-order valence-corrected chi connectivity index (χ1v) is 5.62. The number of thioether (sulfide) groups is 1. The molecular formula is C11H12F2O2S. The number of carbonyl (C=O) groups is 1. The third-order valence-corrected chi connectivity index (χ3v) is 3.53. The van der Waals surface area contributed by atoms with Crippen molar-refractivity contribution in [1.29, 1.82) is 0 Å². The molecule has 1 N–H and O–H groups in total. The van der Waals surface area contributed by atoms with Gasteiger partial charge in [-0.1, -0.05) is 6.92 Å². The van der Waals surface area contributed by atoms with Crippen molar-refractivity contribution in [2.75, 3.05) is 0 Å². The summed E-state index contributed by atoms with van der Waals surface area (Å²) in [5.74, 6) is -1.56. The molecule has 0 aliphatic rings. The van der Waals surface area contributed by atoms with E-state index in [1.807, 2.05) is 0 Å². The van der Waals surface area contributed by atoms with Gasteiger partial charge in [-0.2, -0.15) is 0 Å². The predicted molar refractivity (Wildman–Crippen MR) is 58.7 cm³/mol. The van der Waals surface area contributed by atoms with Crippen LogP contribution in [0, 0.1) is 11.6 Å². The molecule has 1 aromatic carbocycles. The number of halogens is 2. The molecule has 0 aliphatic carbocycles. The van der Waals surface area contributed by atoms with Gasteiger partial charge in [-0.15, -0.1) is 11.8 Å². The van der Waals surface area contributed by atoms with Gasteiger partial charge in [0.15, 0.2) is 0 Å². The van der Waals surface area contributed by atoms with Crippen LogP contribution in [0.5, 0.6) is 0 Å². The Morgan fingerprint density at radius 3 is 2.19 bits per heavy atom. The van der Waals surface area contributed by atoms with E-state index in [2.05, 4.69) is 0 Å². The second kappa shape index (κ2) is 5.41. The fourth-order valence-corrected chi connectivity index (χ4v) is 1.96. The van der Waals surface area contributed by atoms with Crippen LogP contribution in [0.3, 0.4) is 0 Å². The first-order chi connectivity index (χ1) is 7.45. The molecule has 88 valence electrons. The number of aliphatic hydroxyl groups excluding tert-OH is 1. The summed E-state index contributed by atoms with van der Waals surface area (Å²) in [6, 6.07) is 1.96. The molecule has 0 saturated carbocycles. The van der Waals surface area contributed by atoms with Crippen LogP contribution < -0.4 is 0 Å². The summed E-state index contributed by atoms with van der Waals surface area (Å²) >= 11 is 0.908. The molecule has 0 saturated heterocycles. The third kappa shape index (κ3) is 3.02. The molecule has 16 heavy (non-hydrogen) atoms. The molecule has 2 unspecified atom stereocenters. The molecule has 0 spiro atoms. The number of aldehydes is 1. The molecule has 0 fully saturated rings. The Morgan fingerprint density at radius 2 is 1.81 bits per heavy atom. The summed E-state index contributed by atoms with van der Waals surface area (Å²) in [6.07, 6.45) is -0.284. The quantitative estimate of drug-likeness (QED) is 0.655. The lowest BCUT2D eigenvalue weighted by Gasteiger charge is -2.15. The molecule has 1 rings (SSSR count). The van der Waals surface area contributed by atoms with E-state index in [1.54, 1.807) is 13.8 Å². The lowest BCUT2D eigenvalue weighted by Crippen LogP contribution is -2.15. The highest BCUT2D eigenvalue weighted by atomic mass is 32.2. The molecule has 0 aliphatic heterocycles. The van der Waals surface area contributed by atoms with Crippen molar-refractivity contribution in [1.82, 2.24) is 0 Å². The van der Waals surface area contributed by atoms with Gasteiger partial charge in [-0.3, -0.25) is 4.79 Å². The van der Waals surface area contributed by atoms with E-state index < -0.39 is 17.7 Å². The minimum Gasteiger partial charge on any atom is -0.392 e. The Balaban J connectivity index is 3.01. The van der Waals surface area contributed by atoms with Gasteiger partial charge in [-0.05, 0) is 19.1 Å². The lowest BCUT2D eigenvalue weighted by atomic mass is 10.2. The first-order valence-electron chi connectivity index (χ1n) is 4.74. The molecule has 1 aromatic rings. The second-order valence-electron chi connectivity index (χ2n) is 3.50. The highest BCUT2D eigenvalue weighted by Gasteiger charge is 2.17. The van der Waals surface area contributed by atoms with E-state index in [0.29, 0.717) is 6.29 Å². The lowest BCUT2D eigenvalue weighted by molar-refractivity contribution is 0.112. The van der Waals surface area contributed by atoms with Crippen molar-refractivity contribution in [3.05, 3.63) is 29.3 Å². The van der Waals surface area contributed by atoms with E-state index in [1.165, 1.54) is 0 Å². The van der Waals surface area contributed by atoms with E-state index >= 15 is 0 Å². The molecule has 2 nitrogen and oxygen atoms in total. The van der Waals surface area contributed by atoms with Crippen molar-refractivity contribution < 1.29 is 18.7 Å². The monoisotopic (exact) mass is 246 g/mol. The largest absolute Gasteiger partial charge is 0.392 e. The number of hydrogen-bond acceptors (Lipinski definition) is 3. The van der Waals surface area contributed by atoms with Crippen LogP contribution in [0.15, 0.2) is 17.0 Å². The summed E-state index contributed by atoms with van der Waals surface area (Å²) in [4.78, 5) is 10.2. The van der Waals surface area contributed by atoms with E-state index in [0.717, 1.165) is 23.9 Å². The summed E-state index contributed by atoms with van der Waals surface area (Å²) in [7, 11) is 0. The maximum absolute atomic E-state index is 13.4. The fraction of sp³-hybridized carbons (Fsp3) is 0.364. The zero-order chi connectivity index (χ0) is 12.3. The highest BCUT2D eigenvalue weighted by molar-refractivity contribution is 8.00. The van der Waals surface area contributed by atoms with Gasteiger partial charge in [0.25, 0.3) is 0 Å². The maximum Gasteiger partial charge on any atom is 0.150 e. The minimum absolute atomic E-state index is 0.0379. The molecule has 0 aromatic heterocycles. The van der Waals surface area contributed by atoms with E-state index in [9.17, 15) is 18.7 Å². The number of carbonyl (C=O) groups excluding carboxylic acids is 1. The number of rotatable bonds is 4. The van der Waals surface area contributed by atoms with Crippen LogP contribution in [0.2, 0.25) is 0 Å². The van der Waals surface area contributed by atoms with Crippen molar-refractivity contribution >= 4 is 18.0 Å². The maximum atomic E-state index is 13.4. The Morgan fingerprint density at radius 1 is 1.31 bits per heavy atom. The van der Waals surface area contributed by atoms with E-state index in [-0.39, 0.29) is 15.7 Å². The molecule has 5 heteroatoms. The summed E-state index contributed by atoms with van der Waals surface area (Å²) in [5, 5.41) is 8.92. The average molecular weight is 246 g/mol. The van der Waals surface area contributed by atoms with Crippen molar-refractivity contribution in [3.63, 3.8) is 0 Å². The summed E-state index contributed by atoms with van der Waals surface area (Å²) in [6.45, 7) is 3.22. The molecule has 0 amide bonds. The van der Waals surface area contributed by atoms with Gasteiger partial charge in [0.05, 0.1) is 11.0 Å². The normalized spacial score (nSPS) is 14.6. The topological polar surface area (TPSA) is 37.3 Å². The highest BCUT2D eigenvalue weighted by Crippen LogP contribution is 2.30. The summed E-state index contributed by atoms with van der Waals surface area (Å²) in [5.41, 5.74) is -0.0379. The molecule has 2 atom stereocenters. The fourth-order valence-electron chi connectivity index (χ4n) is 1.04. The van der Waals surface area contributed by atoms with Gasteiger partial charge in [-0.25, -0.2) is 8.78 Å². The number of aliphatic hydroxyl groups is 1. The van der Waals surface area contributed by atoms with Crippen LogP contribution in [0.25, 0.3) is 0 Å². The Kier molecular flexibility index (Phi) is 4.44. The molecule has 0 bridgehead atoms. The van der Waals surface area contributed by atoms with Crippen molar-refractivity contribution in [3.8, 4) is 0 Å². The molecular weight excluding hydrogens is 234 g/mol. The molecule has 0 radical (unpaired) electrons. The SMILES string of the molecule is CC(O)C(C)Sc1c(F)cc(C=O)cc1F.